The number of carbonyl (C=O) groups is 1. The number of aliphatic imine (C=N–C) groups is 1. The largest absolute Gasteiger partial charge is 0.506 e. The van der Waals surface area contributed by atoms with E-state index < -0.39 is 5.97 Å². The van der Waals surface area contributed by atoms with Crippen molar-refractivity contribution in [2.75, 3.05) is 6.61 Å². The number of aryl methyl sites for hydroxylation is 1. The van der Waals surface area contributed by atoms with Crippen molar-refractivity contribution in [3.63, 3.8) is 0 Å². The van der Waals surface area contributed by atoms with Gasteiger partial charge in [0.05, 0.1) is 29.3 Å². The van der Waals surface area contributed by atoms with Crippen molar-refractivity contribution < 1.29 is 19.0 Å². The number of benzene rings is 3. The summed E-state index contributed by atoms with van der Waals surface area (Å²) in [6.45, 7) is 4.19. The summed E-state index contributed by atoms with van der Waals surface area (Å²) in [5.41, 5.74) is 3.96. The third-order valence-electron chi connectivity index (χ3n) is 6.43. The summed E-state index contributed by atoms with van der Waals surface area (Å²) in [7, 11) is 0. The summed E-state index contributed by atoms with van der Waals surface area (Å²) in [5.74, 6) is -1.19. The number of halogens is 2. The van der Waals surface area contributed by atoms with Crippen molar-refractivity contribution in [1.82, 2.24) is 4.57 Å². The second-order valence-electron chi connectivity index (χ2n) is 8.89. The van der Waals surface area contributed by atoms with Crippen LogP contribution >= 0.6 is 23.4 Å². The predicted octanol–water partition coefficient (Wildman–Crippen LogP) is 8.24. The second-order valence-corrected chi connectivity index (χ2v) is 10.3. The number of fused-ring (bicyclic) bond motifs is 1. The number of hydrogen-bond donors (Lipinski definition) is 1. The summed E-state index contributed by atoms with van der Waals surface area (Å²) >= 11 is 7.56. The Morgan fingerprint density at radius 3 is 2.59 bits per heavy atom. The molecule has 1 aromatic heterocycles. The Labute approximate surface area is 235 Å². The maximum absolute atomic E-state index is 14.7. The molecular formula is C31H26ClFN2O3S. The lowest BCUT2D eigenvalue weighted by Gasteiger charge is -2.11. The Morgan fingerprint density at radius 2 is 1.87 bits per heavy atom. The van der Waals surface area contributed by atoms with Crippen molar-refractivity contribution in [2.45, 2.75) is 26.8 Å². The van der Waals surface area contributed by atoms with Gasteiger partial charge < -0.3 is 14.4 Å². The average Bonchev–Trinajstić information content (AvgIpc) is 3.43. The minimum atomic E-state index is -0.634. The van der Waals surface area contributed by atoms with Gasteiger partial charge in [-0.1, -0.05) is 72.8 Å². The van der Waals surface area contributed by atoms with Crippen molar-refractivity contribution in [3.05, 3.63) is 117 Å². The zero-order valence-corrected chi connectivity index (χ0v) is 23.0. The van der Waals surface area contributed by atoms with Gasteiger partial charge in [-0.2, -0.15) is 0 Å². The van der Waals surface area contributed by atoms with E-state index in [9.17, 15) is 14.3 Å². The Morgan fingerprint density at radius 1 is 1.10 bits per heavy atom. The first-order valence-corrected chi connectivity index (χ1v) is 13.8. The molecule has 1 N–H and O–H groups in total. The first-order valence-electron chi connectivity index (χ1n) is 12.6. The summed E-state index contributed by atoms with van der Waals surface area (Å²) in [6, 6.07) is 19.9. The topological polar surface area (TPSA) is 63.8 Å². The van der Waals surface area contributed by atoms with Crippen molar-refractivity contribution >= 4 is 57.0 Å². The van der Waals surface area contributed by atoms with Gasteiger partial charge in [0.15, 0.2) is 0 Å². The summed E-state index contributed by atoms with van der Waals surface area (Å²) in [6.07, 6.45) is 4.53. The number of esters is 1. The molecule has 4 aromatic rings. The molecular weight excluding hydrogens is 535 g/mol. The third-order valence-corrected chi connectivity index (χ3v) is 7.80. The normalized spacial score (nSPS) is 15.6. The first kappa shape index (κ1) is 26.8. The highest BCUT2D eigenvalue weighted by Gasteiger charge is 2.33. The maximum atomic E-state index is 14.7. The highest BCUT2D eigenvalue weighted by molar-refractivity contribution is 8.18. The van der Waals surface area contributed by atoms with Crippen LogP contribution in [-0.2, 0) is 22.5 Å². The smallest absolute Gasteiger partial charge is 0.344 e. The van der Waals surface area contributed by atoms with E-state index in [0.29, 0.717) is 26.2 Å². The van der Waals surface area contributed by atoms with E-state index in [4.69, 9.17) is 16.3 Å². The molecule has 0 saturated carbocycles. The zero-order valence-electron chi connectivity index (χ0n) is 21.4. The summed E-state index contributed by atoms with van der Waals surface area (Å²) in [5, 5.41) is 12.8. The van der Waals surface area contributed by atoms with Gasteiger partial charge in [-0.25, -0.2) is 14.2 Å². The number of para-hydroxylation sites is 2. The maximum Gasteiger partial charge on any atom is 0.344 e. The van der Waals surface area contributed by atoms with E-state index in [2.05, 4.69) is 11.9 Å². The standard InChI is InChI=1S/C31H26ClFN2O3S/c1-3-19-10-8-13-22-20(17-35(28(19)22)18-23-24(32)14-9-15-25(23)33)16-26-29(36)27(31(37)38-4-2)30(39-26)34-21-11-6-5-7-12-21/h5-17,36H,3-4,18H2,1-2H3/b26-16-,34-30?. The number of carbonyl (C=O) groups excluding carboxylic acids is 1. The molecule has 5 rings (SSSR count). The SMILES string of the molecule is CCOC(=O)C1=C(O)/C(=C/c2cn(Cc3c(F)cccc3Cl)c3c(CC)cccc23)SC1=Nc1ccccc1. The van der Waals surface area contributed by atoms with Crippen LogP contribution in [0.3, 0.4) is 0 Å². The van der Waals surface area contributed by atoms with Gasteiger partial charge in [0.25, 0.3) is 0 Å². The molecule has 0 aliphatic carbocycles. The molecule has 5 nitrogen and oxygen atoms in total. The van der Waals surface area contributed by atoms with Gasteiger partial charge in [-0.3, -0.25) is 0 Å². The molecule has 2 heterocycles. The highest BCUT2D eigenvalue weighted by atomic mass is 35.5. The average molecular weight is 561 g/mol. The van der Waals surface area contributed by atoms with Crippen molar-refractivity contribution in [3.8, 4) is 0 Å². The number of aliphatic hydroxyl groups excluding tert-OH is 1. The molecule has 198 valence electrons. The van der Waals surface area contributed by atoms with E-state index in [1.165, 1.54) is 17.8 Å². The molecule has 0 atom stereocenters. The zero-order chi connectivity index (χ0) is 27.5. The van der Waals surface area contributed by atoms with Crippen molar-refractivity contribution in [2.24, 2.45) is 4.99 Å². The fraction of sp³-hybridized carbons (Fsp3) is 0.161. The molecule has 39 heavy (non-hydrogen) atoms. The van der Waals surface area contributed by atoms with Gasteiger partial charge in [-0.15, -0.1) is 0 Å². The minimum Gasteiger partial charge on any atom is -0.506 e. The molecule has 0 radical (unpaired) electrons. The summed E-state index contributed by atoms with van der Waals surface area (Å²) in [4.78, 5) is 17.9. The number of rotatable bonds is 7. The van der Waals surface area contributed by atoms with Gasteiger partial charge in [0.1, 0.15) is 22.2 Å². The second kappa shape index (κ2) is 11.5. The third kappa shape index (κ3) is 5.37. The lowest BCUT2D eigenvalue weighted by atomic mass is 10.1. The number of thioether (sulfide) groups is 1. The highest BCUT2D eigenvalue weighted by Crippen LogP contribution is 2.41. The first-order chi connectivity index (χ1) is 18.9. The Hall–Kier alpha value is -3.81. The van der Waals surface area contributed by atoms with Gasteiger partial charge in [0, 0.05) is 27.7 Å². The number of hydrogen-bond acceptors (Lipinski definition) is 5. The fourth-order valence-electron chi connectivity index (χ4n) is 4.60. The van der Waals surface area contributed by atoms with Gasteiger partial charge in [-0.05, 0) is 49.2 Å². The fourth-order valence-corrected chi connectivity index (χ4v) is 5.85. The molecule has 3 aromatic carbocycles. The Balaban J connectivity index is 1.64. The molecule has 0 amide bonds. The lowest BCUT2D eigenvalue weighted by molar-refractivity contribution is -0.138. The Kier molecular flexibility index (Phi) is 7.91. The van der Waals surface area contributed by atoms with E-state index in [1.807, 2.05) is 65.4 Å². The molecule has 8 heteroatoms. The van der Waals surface area contributed by atoms with Crippen LogP contribution in [0.4, 0.5) is 10.1 Å². The summed E-state index contributed by atoms with van der Waals surface area (Å²) < 4.78 is 21.9. The van der Waals surface area contributed by atoms with E-state index in [0.717, 1.165) is 28.5 Å². The molecule has 0 spiro atoms. The Bertz CT molecular complexity index is 1640. The molecule has 1 aliphatic heterocycles. The number of ether oxygens (including phenoxy) is 1. The molecule has 0 bridgehead atoms. The number of aliphatic hydroxyl groups is 1. The van der Waals surface area contributed by atoms with Crippen molar-refractivity contribution in [1.29, 1.82) is 0 Å². The number of aromatic nitrogens is 1. The van der Waals surface area contributed by atoms with E-state index in [-0.39, 0.29) is 30.3 Å². The van der Waals surface area contributed by atoms with Crippen LogP contribution in [0, 0.1) is 5.82 Å². The lowest BCUT2D eigenvalue weighted by Crippen LogP contribution is -2.12. The quantitative estimate of drug-likeness (QED) is 0.231. The van der Waals surface area contributed by atoms with Gasteiger partial charge in [0.2, 0.25) is 0 Å². The van der Waals surface area contributed by atoms with Crippen LogP contribution in [0.1, 0.15) is 30.5 Å². The van der Waals surface area contributed by atoms with Crippen LogP contribution in [-0.4, -0.2) is 27.3 Å². The molecule has 1 aliphatic rings. The van der Waals surface area contributed by atoms with Crippen LogP contribution in [0.25, 0.3) is 17.0 Å². The van der Waals surface area contributed by atoms with Crippen LogP contribution in [0.2, 0.25) is 5.02 Å². The van der Waals surface area contributed by atoms with E-state index >= 15 is 0 Å². The van der Waals surface area contributed by atoms with Gasteiger partial charge >= 0.3 is 5.97 Å². The van der Waals surface area contributed by atoms with Crippen LogP contribution in [0.5, 0.6) is 0 Å². The predicted molar refractivity (Wildman–Crippen MR) is 157 cm³/mol. The molecule has 0 unspecified atom stereocenters. The molecule has 0 saturated heterocycles. The van der Waals surface area contributed by atoms with Crippen LogP contribution in [0.15, 0.2) is 94.2 Å². The van der Waals surface area contributed by atoms with Crippen LogP contribution < -0.4 is 0 Å². The minimum absolute atomic E-state index is 0.0353. The monoisotopic (exact) mass is 560 g/mol. The number of nitrogens with zero attached hydrogens (tertiary/aromatic N) is 2. The molecule has 0 fully saturated rings. The van der Waals surface area contributed by atoms with E-state index in [1.54, 1.807) is 19.1 Å².